The molecule has 1 atom stereocenters. The summed E-state index contributed by atoms with van der Waals surface area (Å²) in [6, 6.07) is 0.179. The van der Waals surface area contributed by atoms with Crippen molar-refractivity contribution in [2.45, 2.75) is 64.3 Å². The van der Waals surface area contributed by atoms with Crippen LogP contribution in [0.1, 0.15) is 70.2 Å². The van der Waals surface area contributed by atoms with E-state index in [9.17, 15) is 4.79 Å². The van der Waals surface area contributed by atoms with Crippen molar-refractivity contribution in [1.82, 2.24) is 14.9 Å². The molecule has 2 heterocycles. The van der Waals surface area contributed by atoms with E-state index in [0.717, 1.165) is 31.6 Å². The molecule has 1 aliphatic rings. The molecular weight excluding hydrogens is 238 g/mol. The summed E-state index contributed by atoms with van der Waals surface area (Å²) in [4.78, 5) is 21.7. The molecule has 2 rings (SSSR count). The third-order valence-electron chi connectivity index (χ3n) is 3.90. The highest BCUT2D eigenvalue weighted by Gasteiger charge is 2.30. The number of carbonyl (C=O) groups is 1. The van der Waals surface area contributed by atoms with Gasteiger partial charge in [-0.2, -0.15) is 0 Å². The third-order valence-corrected chi connectivity index (χ3v) is 3.90. The fourth-order valence-corrected chi connectivity index (χ4v) is 2.83. The van der Waals surface area contributed by atoms with Crippen LogP contribution in [0.3, 0.4) is 0 Å². The molecule has 4 heteroatoms. The number of hydrogen-bond donors (Lipinski definition) is 1. The number of H-pyrrole nitrogens is 1. The van der Waals surface area contributed by atoms with Gasteiger partial charge in [-0.1, -0.05) is 32.6 Å². The van der Waals surface area contributed by atoms with Crippen molar-refractivity contribution in [3.8, 4) is 0 Å². The lowest BCUT2D eigenvalue weighted by Gasteiger charge is -2.23. The number of rotatable bonds is 7. The Labute approximate surface area is 115 Å². The Bertz CT molecular complexity index is 375. The second-order valence-corrected chi connectivity index (χ2v) is 5.38. The third kappa shape index (κ3) is 3.82. The molecule has 1 amide bonds. The molecule has 106 valence electrons. The zero-order valence-corrected chi connectivity index (χ0v) is 11.9. The molecule has 1 aliphatic heterocycles. The smallest absolute Gasteiger partial charge is 0.223 e. The standard InChI is InChI=1S/C15H25N3O/c1-2-3-4-5-6-9-14(19)18-12-7-8-13(18)15-16-10-11-17-15/h10-11,13H,2-9,12H2,1H3,(H,16,17). The van der Waals surface area contributed by atoms with Gasteiger partial charge >= 0.3 is 0 Å². The number of aromatic amines is 1. The number of likely N-dealkylation sites (tertiary alicyclic amines) is 1. The van der Waals surface area contributed by atoms with Gasteiger partial charge in [0.2, 0.25) is 5.91 Å². The van der Waals surface area contributed by atoms with Crippen LogP contribution in [-0.4, -0.2) is 27.3 Å². The van der Waals surface area contributed by atoms with Crippen LogP contribution in [0, 0.1) is 0 Å². The first-order valence-corrected chi connectivity index (χ1v) is 7.61. The molecule has 0 aliphatic carbocycles. The number of unbranched alkanes of at least 4 members (excludes halogenated alkanes) is 4. The molecular formula is C15H25N3O. The second kappa shape index (κ2) is 7.31. The zero-order chi connectivity index (χ0) is 13.5. The molecule has 1 aromatic rings. The molecule has 1 aromatic heterocycles. The van der Waals surface area contributed by atoms with Crippen LogP contribution in [0.2, 0.25) is 0 Å². The Morgan fingerprint density at radius 1 is 1.42 bits per heavy atom. The number of nitrogens with zero attached hydrogens (tertiary/aromatic N) is 2. The number of amides is 1. The molecule has 19 heavy (non-hydrogen) atoms. The SMILES string of the molecule is CCCCCCCC(=O)N1CCCC1c1ncc[nH]1. The van der Waals surface area contributed by atoms with Crippen molar-refractivity contribution >= 4 is 5.91 Å². The van der Waals surface area contributed by atoms with Crippen molar-refractivity contribution in [3.63, 3.8) is 0 Å². The van der Waals surface area contributed by atoms with E-state index in [1.54, 1.807) is 6.20 Å². The summed E-state index contributed by atoms with van der Waals surface area (Å²) in [5.41, 5.74) is 0. The molecule has 1 fully saturated rings. The molecule has 4 nitrogen and oxygen atoms in total. The topological polar surface area (TPSA) is 49.0 Å². The van der Waals surface area contributed by atoms with Crippen molar-refractivity contribution in [1.29, 1.82) is 0 Å². The number of nitrogens with one attached hydrogen (secondary N) is 1. The summed E-state index contributed by atoms with van der Waals surface area (Å²) in [5.74, 6) is 1.24. The van der Waals surface area contributed by atoms with Crippen LogP contribution in [0.4, 0.5) is 0 Å². The Kier molecular flexibility index (Phi) is 5.43. The van der Waals surface area contributed by atoms with Crippen LogP contribution in [0.15, 0.2) is 12.4 Å². The summed E-state index contributed by atoms with van der Waals surface area (Å²) in [7, 11) is 0. The van der Waals surface area contributed by atoms with E-state index in [1.165, 1.54) is 25.7 Å². The largest absolute Gasteiger partial charge is 0.347 e. The molecule has 1 saturated heterocycles. The molecule has 0 aromatic carbocycles. The zero-order valence-electron chi connectivity index (χ0n) is 11.9. The number of hydrogen-bond acceptors (Lipinski definition) is 2. The van der Waals surface area contributed by atoms with Gasteiger partial charge in [0.15, 0.2) is 0 Å². The van der Waals surface area contributed by atoms with E-state index in [4.69, 9.17) is 0 Å². The quantitative estimate of drug-likeness (QED) is 0.766. The summed E-state index contributed by atoms with van der Waals surface area (Å²) < 4.78 is 0. The van der Waals surface area contributed by atoms with Crippen LogP contribution in [0.5, 0.6) is 0 Å². The lowest BCUT2D eigenvalue weighted by Crippen LogP contribution is -2.30. The first-order valence-electron chi connectivity index (χ1n) is 7.61. The van der Waals surface area contributed by atoms with Crippen LogP contribution in [-0.2, 0) is 4.79 Å². The van der Waals surface area contributed by atoms with Gasteiger partial charge in [0.25, 0.3) is 0 Å². The van der Waals surface area contributed by atoms with Gasteiger partial charge in [0.1, 0.15) is 5.82 Å². The van der Waals surface area contributed by atoms with E-state index >= 15 is 0 Å². The predicted octanol–water partition coefficient (Wildman–Crippen LogP) is 3.43. The average molecular weight is 263 g/mol. The molecule has 0 radical (unpaired) electrons. The van der Waals surface area contributed by atoms with Crippen LogP contribution < -0.4 is 0 Å². The van der Waals surface area contributed by atoms with Gasteiger partial charge in [-0.05, 0) is 19.3 Å². The van der Waals surface area contributed by atoms with Gasteiger partial charge in [-0.25, -0.2) is 4.98 Å². The lowest BCUT2D eigenvalue weighted by atomic mass is 10.1. The van der Waals surface area contributed by atoms with Crippen molar-refractivity contribution < 1.29 is 4.79 Å². The Balaban J connectivity index is 1.78. The minimum absolute atomic E-state index is 0.179. The van der Waals surface area contributed by atoms with Gasteiger partial charge < -0.3 is 9.88 Å². The van der Waals surface area contributed by atoms with E-state index in [-0.39, 0.29) is 6.04 Å². The fraction of sp³-hybridized carbons (Fsp3) is 0.733. The number of imidazole rings is 1. The van der Waals surface area contributed by atoms with E-state index in [0.29, 0.717) is 12.3 Å². The van der Waals surface area contributed by atoms with Gasteiger partial charge in [-0.15, -0.1) is 0 Å². The Morgan fingerprint density at radius 2 is 2.26 bits per heavy atom. The molecule has 1 unspecified atom stereocenters. The molecule has 0 bridgehead atoms. The highest BCUT2D eigenvalue weighted by Crippen LogP contribution is 2.30. The van der Waals surface area contributed by atoms with E-state index < -0.39 is 0 Å². The van der Waals surface area contributed by atoms with Crippen molar-refractivity contribution in [2.24, 2.45) is 0 Å². The highest BCUT2D eigenvalue weighted by molar-refractivity contribution is 5.76. The summed E-state index contributed by atoms with van der Waals surface area (Å²) in [6.07, 6.45) is 12.4. The summed E-state index contributed by atoms with van der Waals surface area (Å²) in [6.45, 7) is 3.10. The van der Waals surface area contributed by atoms with Crippen LogP contribution in [0.25, 0.3) is 0 Å². The van der Waals surface area contributed by atoms with Gasteiger partial charge in [-0.3, -0.25) is 4.79 Å². The Morgan fingerprint density at radius 3 is 3.00 bits per heavy atom. The minimum atomic E-state index is 0.179. The monoisotopic (exact) mass is 263 g/mol. The van der Waals surface area contributed by atoms with Crippen molar-refractivity contribution in [2.75, 3.05) is 6.54 Å². The summed E-state index contributed by atoms with van der Waals surface area (Å²) in [5, 5.41) is 0. The predicted molar refractivity (Wildman–Crippen MR) is 75.7 cm³/mol. The van der Waals surface area contributed by atoms with Gasteiger partial charge in [0, 0.05) is 25.4 Å². The lowest BCUT2D eigenvalue weighted by molar-refractivity contribution is -0.132. The van der Waals surface area contributed by atoms with Crippen molar-refractivity contribution in [3.05, 3.63) is 18.2 Å². The summed E-state index contributed by atoms with van der Waals surface area (Å²) >= 11 is 0. The minimum Gasteiger partial charge on any atom is -0.347 e. The second-order valence-electron chi connectivity index (χ2n) is 5.38. The highest BCUT2D eigenvalue weighted by atomic mass is 16.2. The number of carbonyl (C=O) groups excluding carboxylic acids is 1. The van der Waals surface area contributed by atoms with Crippen LogP contribution >= 0.6 is 0 Å². The molecule has 1 N–H and O–H groups in total. The average Bonchev–Trinajstić information content (AvgIpc) is 3.08. The Hall–Kier alpha value is -1.32. The maximum atomic E-state index is 12.3. The molecule has 0 spiro atoms. The fourth-order valence-electron chi connectivity index (χ4n) is 2.83. The first-order chi connectivity index (χ1) is 9.33. The normalized spacial score (nSPS) is 19.0. The molecule has 0 saturated carbocycles. The van der Waals surface area contributed by atoms with E-state index in [1.807, 2.05) is 11.1 Å². The maximum Gasteiger partial charge on any atom is 0.223 e. The number of aromatic nitrogens is 2. The van der Waals surface area contributed by atoms with E-state index in [2.05, 4.69) is 16.9 Å². The maximum absolute atomic E-state index is 12.3. The first kappa shape index (κ1) is 14.1. The van der Waals surface area contributed by atoms with Gasteiger partial charge in [0.05, 0.1) is 6.04 Å².